The Morgan fingerprint density at radius 3 is 2.11 bits per heavy atom. The molecule has 1 aromatic heterocycles. The molecular formula is C30H42N2O4. The number of rotatable bonds is 10. The summed E-state index contributed by atoms with van der Waals surface area (Å²) in [4.78, 5) is 6.94. The number of hydrogen-bond donors (Lipinski definition) is 1. The summed E-state index contributed by atoms with van der Waals surface area (Å²) in [5.41, 5.74) is 4.31. The number of nitrogens with zero attached hydrogens (tertiary/aromatic N) is 2. The number of phenols is 1. The van der Waals surface area contributed by atoms with Crippen molar-refractivity contribution >= 4 is 0 Å². The Kier molecular flexibility index (Phi) is 8.85. The molecule has 0 fully saturated rings. The molecule has 36 heavy (non-hydrogen) atoms. The Morgan fingerprint density at radius 2 is 1.56 bits per heavy atom. The van der Waals surface area contributed by atoms with Crippen molar-refractivity contribution in [2.75, 3.05) is 33.9 Å². The Balaban J connectivity index is 1.65. The van der Waals surface area contributed by atoms with Gasteiger partial charge in [-0.1, -0.05) is 53.7 Å². The third-order valence-corrected chi connectivity index (χ3v) is 6.20. The lowest BCUT2D eigenvalue weighted by Crippen LogP contribution is -2.22. The highest BCUT2D eigenvalue weighted by Crippen LogP contribution is 2.41. The average molecular weight is 495 g/mol. The molecule has 0 aliphatic carbocycles. The normalized spacial score (nSPS) is 12.4. The summed E-state index contributed by atoms with van der Waals surface area (Å²) < 4.78 is 16.9. The van der Waals surface area contributed by atoms with Crippen LogP contribution in [0.3, 0.4) is 0 Å². The minimum atomic E-state index is -0.210. The van der Waals surface area contributed by atoms with E-state index < -0.39 is 0 Å². The molecule has 1 N–H and O–H groups in total. The molecule has 6 heteroatoms. The standard InChI is InChI=1S/C30H42N2O4/c1-29(2,3)25-17-22(18-26(27(25)33)30(4,5)6)28-31-23(20-36-28)13-15-35-24-11-9-21(10-12-24)19-32(7)14-16-34-8/h9-12,17-18,20,33H,13-16,19H2,1-8H3. The van der Waals surface area contributed by atoms with Crippen molar-refractivity contribution in [3.05, 3.63) is 65.0 Å². The molecule has 0 saturated carbocycles. The quantitative estimate of drug-likeness (QED) is 0.355. The lowest BCUT2D eigenvalue weighted by Gasteiger charge is -2.27. The molecule has 1 heterocycles. The first-order valence-electron chi connectivity index (χ1n) is 12.6. The van der Waals surface area contributed by atoms with Gasteiger partial charge in [-0.15, -0.1) is 0 Å². The van der Waals surface area contributed by atoms with Gasteiger partial charge in [0.25, 0.3) is 0 Å². The summed E-state index contributed by atoms with van der Waals surface area (Å²) in [7, 11) is 3.81. The number of aromatic hydroxyl groups is 1. The largest absolute Gasteiger partial charge is 0.507 e. The minimum Gasteiger partial charge on any atom is -0.507 e. The Bertz CT molecular complexity index is 1090. The molecule has 2 aromatic carbocycles. The number of aromatic nitrogens is 1. The van der Waals surface area contributed by atoms with Crippen molar-refractivity contribution in [2.45, 2.75) is 65.3 Å². The second-order valence-electron chi connectivity index (χ2n) is 11.5. The van der Waals surface area contributed by atoms with Gasteiger partial charge in [-0.3, -0.25) is 4.90 Å². The summed E-state index contributed by atoms with van der Waals surface area (Å²) in [5, 5.41) is 11.0. The Labute approximate surface area is 216 Å². The molecule has 0 radical (unpaired) electrons. The number of likely N-dealkylation sites (N-methyl/N-ethyl adjacent to an activating group) is 1. The van der Waals surface area contributed by atoms with E-state index >= 15 is 0 Å². The fourth-order valence-electron chi connectivity index (χ4n) is 4.06. The van der Waals surface area contributed by atoms with Crippen LogP contribution in [0.25, 0.3) is 11.5 Å². The van der Waals surface area contributed by atoms with Crippen molar-refractivity contribution in [1.82, 2.24) is 9.88 Å². The van der Waals surface area contributed by atoms with Crippen LogP contribution >= 0.6 is 0 Å². The van der Waals surface area contributed by atoms with Crippen molar-refractivity contribution < 1.29 is 19.0 Å². The lowest BCUT2D eigenvalue weighted by atomic mass is 9.78. The third kappa shape index (κ3) is 7.34. The van der Waals surface area contributed by atoms with E-state index in [1.165, 1.54) is 5.56 Å². The highest BCUT2D eigenvalue weighted by Gasteiger charge is 2.27. The lowest BCUT2D eigenvalue weighted by molar-refractivity contribution is 0.158. The first kappa shape index (κ1) is 27.8. The van der Waals surface area contributed by atoms with Crippen molar-refractivity contribution in [1.29, 1.82) is 0 Å². The van der Waals surface area contributed by atoms with E-state index in [2.05, 4.69) is 65.6 Å². The molecule has 0 unspecified atom stereocenters. The van der Waals surface area contributed by atoms with Gasteiger partial charge in [-0.25, -0.2) is 4.98 Å². The molecule has 0 saturated heterocycles. The van der Waals surface area contributed by atoms with E-state index in [0.717, 1.165) is 47.8 Å². The third-order valence-electron chi connectivity index (χ3n) is 6.20. The van der Waals surface area contributed by atoms with Gasteiger partial charge >= 0.3 is 0 Å². The number of benzene rings is 2. The van der Waals surface area contributed by atoms with Crippen LogP contribution in [0.2, 0.25) is 0 Å². The zero-order valence-corrected chi connectivity index (χ0v) is 23.1. The monoisotopic (exact) mass is 494 g/mol. The summed E-state index contributed by atoms with van der Waals surface area (Å²) in [6.07, 6.45) is 2.33. The van der Waals surface area contributed by atoms with Gasteiger partial charge in [0.15, 0.2) is 0 Å². The van der Waals surface area contributed by atoms with Crippen LogP contribution in [-0.4, -0.2) is 48.9 Å². The van der Waals surface area contributed by atoms with Gasteiger partial charge in [0, 0.05) is 43.3 Å². The van der Waals surface area contributed by atoms with E-state index in [1.54, 1.807) is 13.4 Å². The van der Waals surface area contributed by atoms with Crippen molar-refractivity contribution in [2.24, 2.45) is 0 Å². The Morgan fingerprint density at radius 1 is 0.944 bits per heavy atom. The molecule has 0 atom stereocenters. The zero-order valence-electron chi connectivity index (χ0n) is 23.1. The maximum absolute atomic E-state index is 11.0. The molecule has 3 rings (SSSR count). The number of phenolic OH excluding ortho intramolecular Hbond substituents is 1. The maximum atomic E-state index is 11.0. The fraction of sp³-hybridized carbons (Fsp3) is 0.500. The number of oxazole rings is 1. The van der Waals surface area contributed by atoms with Crippen LogP contribution in [0, 0.1) is 0 Å². The van der Waals surface area contributed by atoms with Crippen LogP contribution in [0.4, 0.5) is 0 Å². The molecule has 0 aliphatic heterocycles. The van der Waals surface area contributed by atoms with Gasteiger partial charge in [0.05, 0.1) is 18.9 Å². The van der Waals surface area contributed by atoms with E-state index in [-0.39, 0.29) is 10.8 Å². The van der Waals surface area contributed by atoms with Gasteiger partial charge in [0.2, 0.25) is 5.89 Å². The predicted molar refractivity (Wildman–Crippen MR) is 145 cm³/mol. The summed E-state index contributed by atoms with van der Waals surface area (Å²) in [6.45, 7) is 15.6. The van der Waals surface area contributed by atoms with E-state index in [4.69, 9.17) is 18.9 Å². The van der Waals surface area contributed by atoms with Crippen LogP contribution in [0.5, 0.6) is 11.5 Å². The Hall–Kier alpha value is -2.83. The van der Waals surface area contributed by atoms with Gasteiger partial charge in [0.1, 0.15) is 17.8 Å². The van der Waals surface area contributed by atoms with Gasteiger partial charge in [-0.05, 0) is 47.7 Å². The first-order valence-corrected chi connectivity index (χ1v) is 12.6. The maximum Gasteiger partial charge on any atom is 0.226 e. The average Bonchev–Trinajstić information content (AvgIpc) is 3.26. The highest BCUT2D eigenvalue weighted by atomic mass is 16.5. The second kappa shape index (κ2) is 11.5. The van der Waals surface area contributed by atoms with Crippen LogP contribution in [0.15, 0.2) is 47.1 Å². The van der Waals surface area contributed by atoms with Crippen molar-refractivity contribution in [3.63, 3.8) is 0 Å². The highest BCUT2D eigenvalue weighted by molar-refractivity contribution is 5.63. The minimum absolute atomic E-state index is 0.210. The molecule has 3 aromatic rings. The van der Waals surface area contributed by atoms with Crippen LogP contribution in [-0.2, 0) is 28.5 Å². The van der Waals surface area contributed by atoms with Crippen LogP contribution in [0.1, 0.15) is 63.9 Å². The number of methoxy groups -OCH3 is 1. The number of hydrogen-bond acceptors (Lipinski definition) is 6. The summed E-state index contributed by atoms with van der Waals surface area (Å²) in [6, 6.07) is 12.2. The molecular weight excluding hydrogens is 452 g/mol. The zero-order chi connectivity index (χ0) is 26.5. The second-order valence-corrected chi connectivity index (χ2v) is 11.5. The van der Waals surface area contributed by atoms with Gasteiger partial charge < -0.3 is 19.0 Å². The molecule has 0 aliphatic rings. The fourth-order valence-corrected chi connectivity index (χ4v) is 4.06. The summed E-state index contributed by atoms with van der Waals surface area (Å²) >= 11 is 0. The van der Waals surface area contributed by atoms with E-state index in [9.17, 15) is 5.11 Å². The topological polar surface area (TPSA) is 68.0 Å². The first-order chi connectivity index (χ1) is 16.9. The SMILES string of the molecule is COCCN(C)Cc1ccc(OCCc2coc(-c3cc(C(C)(C)C)c(O)c(C(C)(C)C)c3)n2)cc1. The number of ether oxygens (including phenoxy) is 2. The molecule has 196 valence electrons. The van der Waals surface area contributed by atoms with E-state index in [1.807, 2.05) is 24.3 Å². The molecule has 0 bridgehead atoms. The smallest absolute Gasteiger partial charge is 0.226 e. The van der Waals surface area contributed by atoms with Crippen molar-refractivity contribution in [3.8, 4) is 23.0 Å². The van der Waals surface area contributed by atoms with Crippen LogP contribution < -0.4 is 4.74 Å². The van der Waals surface area contributed by atoms with E-state index in [0.29, 0.717) is 24.7 Å². The predicted octanol–water partition coefficient (Wildman–Crippen LogP) is 6.34. The molecule has 6 nitrogen and oxygen atoms in total. The molecule has 0 spiro atoms. The molecule has 0 amide bonds. The summed E-state index contributed by atoms with van der Waals surface area (Å²) in [5.74, 6) is 1.75. The van der Waals surface area contributed by atoms with Gasteiger partial charge in [-0.2, -0.15) is 0 Å².